The maximum absolute atomic E-state index is 11.4. The summed E-state index contributed by atoms with van der Waals surface area (Å²) in [7, 11) is 2.48. The molecule has 1 heterocycles. The molecule has 0 N–H and O–H groups in total. The molecule has 0 fully saturated rings. The molecule has 0 radical (unpaired) electrons. The van der Waals surface area contributed by atoms with Crippen LogP contribution in [0.3, 0.4) is 0 Å². The number of hydrogen-bond donors (Lipinski definition) is 0. The lowest BCUT2D eigenvalue weighted by molar-refractivity contribution is -0.685. The van der Waals surface area contributed by atoms with Crippen LogP contribution < -0.4 is 4.57 Å². The first kappa shape index (κ1) is 12.6. The van der Waals surface area contributed by atoms with Gasteiger partial charge in [-0.3, -0.25) is 0 Å². The fourth-order valence-electron chi connectivity index (χ4n) is 1.27. The van der Waals surface area contributed by atoms with Gasteiger partial charge in [0.25, 0.3) is 0 Å². The largest absolute Gasteiger partial charge is 0.465 e. The summed E-state index contributed by atoms with van der Waals surface area (Å²) in [5, 5.41) is 8.59. The summed E-state index contributed by atoms with van der Waals surface area (Å²) in [6.45, 7) is 0.0226. The van der Waals surface area contributed by atoms with E-state index >= 15 is 0 Å². The van der Waals surface area contributed by atoms with Gasteiger partial charge in [0.2, 0.25) is 6.54 Å². The molecule has 0 atom stereocenters. The summed E-state index contributed by atoms with van der Waals surface area (Å²) >= 11 is 0. The zero-order valence-corrected chi connectivity index (χ0v) is 9.47. The Balaban J connectivity index is 3.24. The van der Waals surface area contributed by atoms with Crippen molar-refractivity contribution in [3.05, 3.63) is 29.6 Å². The summed E-state index contributed by atoms with van der Waals surface area (Å²) in [5.41, 5.74) is 0.372. The first-order valence-corrected chi connectivity index (χ1v) is 4.70. The molecule has 1 aromatic rings. The quantitative estimate of drug-likeness (QED) is 0.547. The zero-order chi connectivity index (χ0) is 12.8. The van der Waals surface area contributed by atoms with Crippen LogP contribution in [-0.4, -0.2) is 26.2 Å². The van der Waals surface area contributed by atoms with Crippen LogP contribution in [0.25, 0.3) is 0 Å². The van der Waals surface area contributed by atoms with E-state index in [4.69, 9.17) is 5.26 Å². The third-order valence-electron chi connectivity index (χ3n) is 2.02. The van der Waals surface area contributed by atoms with Crippen molar-refractivity contribution in [3.63, 3.8) is 0 Å². The molecule has 0 aliphatic rings. The Kier molecular flexibility index (Phi) is 4.17. The van der Waals surface area contributed by atoms with Crippen molar-refractivity contribution in [2.24, 2.45) is 0 Å². The standard InChI is InChI=1S/C11H11N2O4/c1-16-10(14)8-5-9(11(15)17-2)7-13(6-8)4-3-12/h5-7H,4H2,1-2H3/q+1. The highest BCUT2D eigenvalue weighted by Crippen LogP contribution is 2.04. The Morgan fingerprint density at radius 1 is 1.24 bits per heavy atom. The molecule has 0 aliphatic carbocycles. The van der Waals surface area contributed by atoms with E-state index in [9.17, 15) is 9.59 Å². The minimum Gasteiger partial charge on any atom is -0.465 e. The Hall–Kier alpha value is -2.42. The molecule has 0 amide bonds. The van der Waals surface area contributed by atoms with Gasteiger partial charge in [-0.15, -0.1) is 0 Å². The number of pyridine rings is 1. The molecule has 0 aliphatic heterocycles. The molecule has 1 rings (SSSR count). The molecule has 0 bridgehead atoms. The highest BCUT2D eigenvalue weighted by molar-refractivity contribution is 5.94. The SMILES string of the molecule is COC(=O)c1cc(C(=O)OC)c[n+](CC#N)c1. The van der Waals surface area contributed by atoms with Gasteiger partial charge in [-0.2, -0.15) is 9.83 Å². The van der Waals surface area contributed by atoms with Crippen LogP contribution in [-0.2, 0) is 16.0 Å². The minimum absolute atomic E-state index is 0.0226. The first-order chi connectivity index (χ1) is 8.12. The zero-order valence-electron chi connectivity index (χ0n) is 9.47. The Morgan fingerprint density at radius 2 is 1.71 bits per heavy atom. The third kappa shape index (κ3) is 3.01. The molecular formula is C11H11N2O4+. The van der Waals surface area contributed by atoms with Gasteiger partial charge in [0, 0.05) is 0 Å². The number of nitriles is 1. The average molecular weight is 235 g/mol. The van der Waals surface area contributed by atoms with Crippen LogP contribution in [0, 0.1) is 11.3 Å². The van der Waals surface area contributed by atoms with Crippen LogP contribution in [0.15, 0.2) is 18.5 Å². The van der Waals surface area contributed by atoms with E-state index in [0.717, 1.165) is 0 Å². The van der Waals surface area contributed by atoms with E-state index in [2.05, 4.69) is 9.47 Å². The van der Waals surface area contributed by atoms with Gasteiger partial charge < -0.3 is 9.47 Å². The van der Waals surface area contributed by atoms with E-state index in [1.165, 1.54) is 37.2 Å². The fourth-order valence-corrected chi connectivity index (χ4v) is 1.27. The highest BCUT2D eigenvalue weighted by atomic mass is 16.5. The van der Waals surface area contributed by atoms with E-state index < -0.39 is 11.9 Å². The number of nitrogens with zero attached hydrogens (tertiary/aromatic N) is 2. The predicted molar refractivity (Wildman–Crippen MR) is 54.9 cm³/mol. The van der Waals surface area contributed by atoms with Gasteiger partial charge in [0.05, 0.1) is 14.2 Å². The number of rotatable bonds is 3. The smallest absolute Gasteiger partial charge is 0.343 e. The van der Waals surface area contributed by atoms with Crippen LogP contribution in [0.4, 0.5) is 0 Å². The van der Waals surface area contributed by atoms with Crippen LogP contribution in [0.1, 0.15) is 20.7 Å². The van der Waals surface area contributed by atoms with Crippen LogP contribution >= 0.6 is 0 Å². The second kappa shape index (κ2) is 5.61. The molecule has 0 saturated heterocycles. The number of carbonyl (C=O) groups excluding carboxylic acids is 2. The molecule has 88 valence electrons. The van der Waals surface area contributed by atoms with E-state index in [-0.39, 0.29) is 17.7 Å². The number of methoxy groups -OCH3 is 2. The lowest BCUT2D eigenvalue weighted by Gasteiger charge is -2.01. The summed E-state index contributed by atoms with van der Waals surface area (Å²) in [5.74, 6) is -1.16. The topological polar surface area (TPSA) is 80.3 Å². The Bertz CT molecular complexity index is 456. The maximum Gasteiger partial charge on any atom is 0.343 e. The number of carbonyl (C=O) groups is 2. The fraction of sp³-hybridized carbons (Fsp3) is 0.273. The van der Waals surface area contributed by atoms with Gasteiger partial charge in [-0.05, 0) is 6.07 Å². The van der Waals surface area contributed by atoms with Gasteiger partial charge >= 0.3 is 11.9 Å². The van der Waals surface area contributed by atoms with E-state index in [0.29, 0.717) is 0 Å². The highest BCUT2D eigenvalue weighted by Gasteiger charge is 2.18. The van der Waals surface area contributed by atoms with Gasteiger partial charge in [0.1, 0.15) is 17.2 Å². The van der Waals surface area contributed by atoms with E-state index in [1.807, 2.05) is 6.07 Å². The maximum atomic E-state index is 11.4. The predicted octanol–water partition coefficient (Wildman–Crippen LogP) is 0.0709. The molecule has 17 heavy (non-hydrogen) atoms. The third-order valence-corrected chi connectivity index (χ3v) is 2.02. The van der Waals surface area contributed by atoms with Crippen molar-refractivity contribution >= 4 is 11.9 Å². The lowest BCUT2D eigenvalue weighted by Crippen LogP contribution is -2.35. The molecular weight excluding hydrogens is 224 g/mol. The van der Waals surface area contributed by atoms with Crippen LogP contribution in [0.5, 0.6) is 0 Å². The lowest BCUT2D eigenvalue weighted by atomic mass is 10.2. The molecule has 0 saturated carbocycles. The normalized spacial score (nSPS) is 9.24. The summed E-state index contributed by atoms with van der Waals surface area (Å²) < 4.78 is 10.5. The number of aromatic nitrogens is 1. The van der Waals surface area contributed by atoms with Gasteiger partial charge in [0.15, 0.2) is 12.4 Å². The van der Waals surface area contributed by atoms with Crippen molar-refractivity contribution in [1.82, 2.24) is 0 Å². The Labute approximate surface area is 98.0 Å². The number of ether oxygens (including phenoxy) is 2. The summed E-state index contributed by atoms with van der Waals surface area (Å²) in [6, 6.07) is 3.26. The molecule has 0 spiro atoms. The summed E-state index contributed by atoms with van der Waals surface area (Å²) in [4.78, 5) is 22.7. The van der Waals surface area contributed by atoms with E-state index in [1.54, 1.807) is 0 Å². The van der Waals surface area contributed by atoms with Crippen molar-refractivity contribution < 1.29 is 23.6 Å². The number of esters is 2. The van der Waals surface area contributed by atoms with Gasteiger partial charge in [-0.1, -0.05) is 0 Å². The minimum atomic E-state index is -0.581. The van der Waals surface area contributed by atoms with Crippen molar-refractivity contribution in [2.75, 3.05) is 14.2 Å². The Morgan fingerprint density at radius 3 is 2.06 bits per heavy atom. The number of hydrogen-bond acceptors (Lipinski definition) is 5. The molecule has 0 unspecified atom stereocenters. The van der Waals surface area contributed by atoms with Crippen molar-refractivity contribution in [1.29, 1.82) is 5.26 Å². The second-order valence-electron chi connectivity index (χ2n) is 3.13. The molecule has 6 nitrogen and oxygen atoms in total. The average Bonchev–Trinajstić information content (AvgIpc) is 2.36. The molecule has 1 aromatic heterocycles. The monoisotopic (exact) mass is 235 g/mol. The molecule has 0 aromatic carbocycles. The molecule has 6 heteroatoms. The van der Waals surface area contributed by atoms with Crippen molar-refractivity contribution in [2.45, 2.75) is 6.54 Å². The second-order valence-corrected chi connectivity index (χ2v) is 3.13. The van der Waals surface area contributed by atoms with Crippen LogP contribution in [0.2, 0.25) is 0 Å². The first-order valence-electron chi connectivity index (χ1n) is 4.70. The summed E-state index contributed by atoms with van der Waals surface area (Å²) in [6.07, 6.45) is 2.86. The van der Waals surface area contributed by atoms with Crippen molar-refractivity contribution in [3.8, 4) is 6.07 Å². The van der Waals surface area contributed by atoms with Gasteiger partial charge in [-0.25, -0.2) is 9.59 Å².